The largest absolute Gasteiger partial charge is 0.483 e. The molecular formula is C12H13Cl2FO2. The second-order valence-electron chi connectivity index (χ2n) is 3.88. The first-order chi connectivity index (χ1) is 8.13. The molecule has 0 saturated heterocycles. The molecule has 3 unspecified atom stereocenters. The van der Waals surface area contributed by atoms with Crippen molar-refractivity contribution in [1.29, 1.82) is 0 Å². The highest BCUT2D eigenvalue weighted by Crippen LogP contribution is 2.36. The molecule has 94 valence electrons. The topological polar surface area (TPSA) is 18.5 Å². The van der Waals surface area contributed by atoms with E-state index in [1.165, 1.54) is 12.1 Å². The highest BCUT2D eigenvalue weighted by atomic mass is 35.5. The van der Waals surface area contributed by atoms with Crippen molar-refractivity contribution in [2.75, 3.05) is 6.61 Å². The van der Waals surface area contributed by atoms with Crippen molar-refractivity contribution in [3.63, 3.8) is 0 Å². The third-order valence-corrected chi connectivity index (χ3v) is 3.45. The van der Waals surface area contributed by atoms with Crippen molar-refractivity contribution >= 4 is 23.2 Å². The van der Waals surface area contributed by atoms with Gasteiger partial charge in [0.25, 0.3) is 0 Å². The first kappa shape index (κ1) is 12.9. The lowest BCUT2D eigenvalue weighted by atomic mass is 9.91. The van der Waals surface area contributed by atoms with E-state index < -0.39 is 5.82 Å². The van der Waals surface area contributed by atoms with Gasteiger partial charge in [0.05, 0.1) is 10.4 Å². The van der Waals surface area contributed by atoms with E-state index in [-0.39, 0.29) is 28.4 Å². The molecule has 1 aliphatic carbocycles. The molecule has 0 aliphatic heterocycles. The predicted molar refractivity (Wildman–Crippen MR) is 65.5 cm³/mol. The summed E-state index contributed by atoms with van der Waals surface area (Å²) in [4.78, 5) is 0. The lowest BCUT2D eigenvalue weighted by Gasteiger charge is -2.40. The second-order valence-corrected chi connectivity index (χ2v) is 4.85. The molecule has 3 atom stereocenters. The summed E-state index contributed by atoms with van der Waals surface area (Å²) in [6.45, 7) is 2.44. The van der Waals surface area contributed by atoms with Crippen LogP contribution in [-0.4, -0.2) is 24.2 Å². The molecule has 5 heteroatoms. The molecule has 0 radical (unpaired) electrons. The summed E-state index contributed by atoms with van der Waals surface area (Å²) in [7, 11) is 0. The fourth-order valence-corrected chi connectivity index (χ4v) is 2.41. The fraction of sp³-hybridized carbons (Fsp3) is 0.500. The standard InChI is InChI=1S/C12H13Cl2FO2/c1-2-16-12-8(14)6-10(12)17-11-7(13)4-3-5-9(11)15/h3-5,8,10,12H,2,6H2,1H3. The molecule has 1 fully saturated rings. The normalized spacial score (nSPS) is 27.6. The van der Waals surface area contributed by atoms with Crippen LogP contribution in [0.1, 0.15) is 13.3 Å². The Kier molecular flexibility index (Phi) is 4.13. The van der Waals surface area contributed by atoms with Gasteiger partial charge in [-0.2, -0.15) is 0 Å². The summed E-state index contributed by atoms with van der Waals surface area (Å²) in [6, 6.07) is 4.44. The quantitative estimate of drug-likeness (QED) is 0.783. The zero-order valence-electron chi connectivity index (χ0n) is 9.33. The van der Waals surface area contributed by atoms with Crippen LogP contribution >= 0.6 is 23.2 Å². The number of hydrogen-bond donors (Lipinski definition) is 0. The van der Waals surface area contributed by atoms with Crippen molar-refractivity contribution in [3.8, 4) is 5.75 Å². The van der Waals surface area contributed by atoms with Crippen LogP contribution in [-0.2, 0) is 4.74 Å². The molecule has 0 aromatic heterocycles. The minimum Gasteiger partial charge on any atom is -0.483 e. The van der Waals surface area contributed by atoms with Gasteiger partial charge in [-0.25, -0.2) is 4.39 Å². The molecule has 17 heavy (non-hydrogen) atoms. The summed E-state index contributed by atoms with van der Waals surface area (Å²) in [6.07, 6.45) is 0.209. The van der Waals surface area contributed by atoms with Crippen molar-refractivity contribution < 1.29 is 13.9 Å². The average Bonchev–Trinajstić information content (AvgIpc) is 2.29. The zero-order valence-corrected chi connectivity index (χ0v) is 10.8. The van der Waals surface area contributed by atoms with Crippen LogP contribution in [0.2, 0.25) is 5.02 Å². The van der Waals surface area contributed by atoms with Crippen LogP contribution < -0.4 is 4.74 Å². The summed E-state index contributed by atoms with van der Waals surface area (Å²) < 4.78 is 24.5. The number of para-hydroxylation sites is 1. The molecule has 0 N–H and O–H groups in total. The number of ether oxygens (including phenoxy) is 2. The molecule has 1 saturated carbocycles. The predicted octanol–water partition coefficient (Wildman–Crippen LogP) is 3.64. The van der Waals surface area contributed by atoms with E-state index in [2.05, 4.69) is 0 Å². The summed E-state index contributed by atoms with van der Waals surface area (Å²) in [5, 5.41) is 0.184. The van der Waals surface area contributed by atoms with Gasteiger partial charge in [0.1, 0.15) is 12.2 Å². The van der Waals surface area contributed by atoms with Gasteiger partial charge in [0.15, 0.2) is 11.6 Å². The van der Waals surface area contributed by atoms with E-state index in [9.17, 15) is 4.39 Å². The van der Waals surface area contributed by atoms with Crippen LogP contribution in [0.15, 0.2) is 18.2 Å². The number of benzene rings is 1. The van der Waals surface area contributed by atoms with Crippen molar-refractivity contribution in [1.82, 2.24) is 0 Å². The van der Waals surface area contributed by atoms with Gasteiger partial charge in [-0.3, -0.25) is 0 Å². The van der Waals surface area contributed by atoms with Gasteiger partial charge in [0.2, 0.25) is 0 Å². The highest BCUT2D eigenvalue weighted by Gasteiger charge is 2.43. The van der Waals surface area contributed by atoms with E-state index in [1.807, 2.05) is 6.92 Å². The molecule has 0 amide bonds. The third-order valence-electron chi connectivity index (χ3n) is 2.73. The lowest BCUT2D eigenvalue weighted by molar-refractivity contribution is -0.0769. The Balaban J connectivity index is 2.06. The van der Waals surface area contributed by atoms with Crippen LogP contribution in [0, 0.1) is 5.82 Å². The van der Waals surface area contributed by atoms with E-state index in [0.717, 1.165) is 0 Å². The van der Waals surface area contributed by atoms with E-state index >= 15 is 0 Å². The molecule has 2 rings (SSSR count). The average molecular weight is 279 g/mol. The SMILES string of the molecule is CCOC1C(Cl)CC1Oc1c(F)cccc1Cl. The Morgan fingerprint density at radius 2 is 2.24 bits per heavy atom. The number of alkyl halides is 1. The van der Waals surface area contributed by atoms with Crippen LogP contribution in [0.3, 0.4) is 0 Å². The molecule has 1 aliphatic rings. The Morgan fingerprint density at radius 3 is 2.82 bits per heavy atom. The monoisotopic (exact) mass is 278 g/mol. The lowest BCUT2D eigenvalue weighted by Crippen LogP contribution is -2.52. The number of rotatable bonds is 4. The Bertz CT molecular complexity index is 380. The molecule has 2 nitrogen and oxygen atoms in total. The smallest absolute Gasteiger partial charge is 0.174 e. The van der Waals surface area contributed by atoms with Gasteiger partial charge >= 0.3 is 0 Å². The van der Waals surface area contributed by atoms with Crippen LogP contribution in [0.4, 0.5) is 4.39 Å². The minimum absolute atomic E-state index is 0.0763. The highest BCUT2D eigenvalue weighted by molar-refractivity contribution is 6.32. The summed E-state index contributed by atoms with van der Waals surface area (Å²) in [5.74, 6) is -0.391. The summed E-state index contributed by atoms with van der Waals surface area (Å²) >= 11 is 11.9. The van der Waals surface area contributed by atoms with Gasteiger partial charge in [-0.1, -0.05) is 17.7 Å². The fourth-order valence-electron chi connectivity index (χ4n) is 1.79. The van der Waals surface area contributed by atoms with Crippen LogP contribution in [0.5, 0.6) is 5.75 Å². The van der Waals surface area contributed by atoms with Crippen molar-refractivity contribution in [2.24, 2.45) is 0 Å². The first-order valence-electron chi connectivity index (χ1n) is 5.49. The Morgan fingerprint density at radius 1 is 1.47 bits per heavy atom. The van der Waals surface area contributed by atoms with E-state index in [1.54, 1.807) is 6.07 Å². The number of halogens is 3. The first-order valence-corrected chi connectivity index (χ1v) is 6.31. The number of hydrogen-bond acceptors (Lipinski definition) is 2. The van der Waals surface area contributed by atoms with Crippen molar-refractivity contribution in [3.05, 3.63) is 29.0 Å². The molecule has 0 heterocycles. The maximum absolute atomic E-state index is 13.5. The summed E-state index contributed by atoms with van der Waals surface area (Å²) in [5.41, 5.74) is 0. The van der Waals surface area contributed by atoms with Gasteiger partial charge in [-0.05, 0) is 19.1 Å². The third kappa shape index (κ3) is 2.67. The molecule has 1 aromatic carbocycles. The van der Waals surface area contributed by atoms with Crippen molar-refractivity contribution in [2.45, 2.75) is 30.9 Å². The molecule has 1 aromatic rings. The minimum atomic E-state index is -0.467. The van der Waals surface area contributed by atoms with E-state index in [4.69, 9.17) is 32.7 Å². The maximum atomic E-state index is 13.5. The Labute approximate surface area is 110 Å². The van der Waals surface area contributed by atoms with Crippen LogP contribution in [0.25, 0.3) is 0 Å². The molecule has 0 spiro atoms. The second kappa shape index (κ2) is 5.42. The molecule has 0 bridgehead atoms. The zero-order chi connectivity index (χ0) is 12.4. The maximum Gasteiger partial charge on any atom is 0.174 e. The Hall–Kier alpha value is -0.510. The molecular weight excluding hydrogens is 266 g/mol. The van der Waals surface area contributed by atoms with E-state index in [0.29, 0.717) is 13.0 Å². The van der Waals surface area contributed by atoms with Gasteiger partial charge in [0, 0.05) is 13.0 Å². The van der Waals surface area contributed by atoms with Gasteiger partial charge in [-0.15, -0.1) is 11.6 Å². The van der Waals surface area contributed by atoms with Gasteiger partial charge < -0.3 is 9.47 Å².